The van der Waals surface area contributed by atoms with E-state index in [0.717, 1.165) is 44.2 Å². The molecule has 0 unspecified atom stereocenters. The van der Waals surface area contributed by atoms with Crippen molar-refractivity contribution in [1.82, 2.24) is 19.7 Å². The lowest BCUT2D eigenvalue weighted by Gasteiger charge is -2.26. The van der Waals surface area contributed by atoms with Crippen LogP contribution in [0.4, 0.5) is 5.95 Å². The summed E-state index contributed by atoms with van der Waals surface area (Å²) in [7, 11) is 1.87. The van der Waals surface area contributed by atoms with Gasteiger partial charge in [0, 0.05) is 20.1 Å². The topological polar surface area (TPSA) is 81.2 Å². The first-order chi connectivity index (χ1) is 13.2. The third kappa shape index (κ3) is 6.22. The van der Waals surface area contributed by atoms with Crippen molar-refractivity contribution >= 4 is 5.95 Å². The summed E-state index contributed by atoms with van der Waals surface area (Å²) < 4.78 is 7.67. The number of hydrogen-bond acceptors (Lipinski definition) is 6. The number of benzene rings is 1. The monoisotopic (exact) mass is 372 g/mol. The van der Waals surface area contributed by atoms with E-state index in [9.17, 15) is 0 Å². The smallest absolute Gasteiger partial charge is 0.221 e. The van der Waals surface area contributed by atoms with E-state index in [-0.39, 0.29) is 0 Å². The molecule has 0 aliphatic carbocycles. The normalized spacial score (nSPS) is 15.0. The summed E-state index contributed by atoms with van der Waals surface area (Å²) in [6, 6.07) is 8.52. The van der Waals surface area contributed by atoms with Gasteiger partial charge in [0.05, 0.1) is 13.2 Å². The van der Waals surface area contributed by atoms with Crippen molar-refractivity contribution in [3.63, 3.8) is 0 Å². The molecule has 0 saturated carbocycles. The Morgan fingerprint density at radius 1 is 1.19 bits per heavy atom. The number of nitrogens with one attached hydrogen (secondary N) is 1. The molecular formula is C20H32N6O. The van der Waals surface area contributed by atoms with Gasteiger partial charge >= 0.3 is 0 Å². The van der Waals surface area contributed by atoms with Gasteiger partial charge in [-0.1, -0.05) is 18.6 Å². The van der Waals surface area contributed by atoms with Gasteiger partial charge in [-0.25, -0.2) is 4.68 Å². The molecule has 1 aromatic carbocycles. The summed E-state index contributed by atoms with van der Waals surface area (Å²) in [6.45, 7) is 5.40. The average molecular weight is 373 g/mol. The molecule has 1 saturated heterocycles. The maximum absolute atomic E-state index is 5.94. The summed E-state index contributed by atoms with van der Waals surface area (Å²) in [4.78, 5) is 6.87. The highest BCUT2D eigenvalue weighted by Crippen LogP contribution is 2.18. The van der Waals surface area contributed by atoms with Crippen LogP contribution in [0.3, 0.4) is 0 Å². The second kappa shape index (κ2) is 10.3. The van der Waals surface area contributed by atoms with Crippen LogP contribution in [0.5, 0.6) is 5.75 Å². The van der Waals surface area contributed by atoms with Crippen LogP contribution in [0.25, 0.3) is 0 Å². The number of rotatable bonds is 10. The number of nitrogens with zero attached hydrogens (tertiary/aromatic N) is 4. The fraction of sp³-hybridized carbons (Fsp3) is 0.600. The van der Waals surface area contributed by atoms with Crippen LogP contribution in [0.15, 0.2) is 24.3 Å². The predicted molar refractivity (Wildman–Crippen MR) is 108 cm³/mol. The van der Waals surface area contributed by atoms with Crippen molar-refractivity contribution in [2.24, 2.45) is 12.8 Å². The molecule has 1 aliphatic rings. The third-order valence-corrected chi connectivity index (χ3v) is 4.87. The zero-order valence-electron chi connectivity index (χ0n) is 16.4. The number of nitrogens with two attached hydrogens (primary N) is 1. The van der Waals surface area contributed by atoms with Crippen LogP contribution < -0.4 is 15.8 Å². The molecule has 3 N–H and O–H groups in total. The Bertz CT molecular complexity index is 696. The number of aryl methyl sites for hydroxylation is 1. The Labute approximate surface area is 161 Å². The van der Waals surface area contributed by atoms with E-state index in [0.29, 0.717) is 12.4 Å². The number of hydrogen-bond donors (Lipinski definition) is 2. The van der Waals surface area contributed by atoms with Crippen molar-refractivity contribution in [3.8, 4) is 5.75 Å². The van der Waals surface area contributed by atoms with Crippen LogP contribution in [0.1, 0.15) is 43.5 Å². The molecule has 2 aromatic rings. The van der Waals surface area contributed by atoms with E-state index in [1.807, 2.05) is 13.1 Å². The Hall–Kier alpha value is -2.12. The van der Waals surface area contributed by atoms with Gasteiger partial charge in [0.1, 0.15) is 5.75 Å². The minimum absolute atomic E-state index is 0.361. The van der Waals surface area contributed by atoms with E-state index < -0.39 is 0 Å². The number of aromatic nitrogens is 3. The zero-order valence-corrected chi connectivity index (χ0v) is 16.4. The lowest BCUT2D eigenvalue weighted by Crippen LogP contribution is -2.29. The highest BCUT2D eigenvalue weighted by atomic mass is 16.5. The van der Waals surface area contributed by atoms with Gasteiger partial charge in [-0.15, -0.1) is 0 Å². The first kappa shape index (κ1) is 19.6. The summed E-state index contributed by atoms with van der Waals surface area (Å²) in [5.74, 6) is 2.40. The second-order valence-corrected chi connectivity index (χ2v) is 7.15. The van der Waals surface area contributed by atoms with Crippen molar-refractivity contribution in [1.29, 1.82) is 0 Å². The molecule has 0 spiro atoms. The number of anilines is 1. The van der Waals surface area contributed by atoms with Crippen molar-refractivity contribution in [3.05, 3.63) is 35.7 Å². The van der Waals surface area contributed by atoms with Gasteiger partial charge in [-0.2, -0.15) is 10.1 Å². The molecular weight excluding hydrogens is 340 g/mol. The number of piperidine rings is 1. The molecule has 1 aromatic heterocycles. The van der Waals surface area contributed by atoms with Gasteiger partial charge in [-0.05, 0) is 56.5 Å². The average Bonchev–Trinajstić information content (AvgIpc) is 3.05. The Balaban J connectivity index is 1.34. The minimum Gasteiger partial charge on any atom is -0.494 e. The third-order valence-electron chi connectivity index (χ3n) is 4.87. The van der Waals surface area contributed by atoms with Gasteiger partial charge in [0.25, 0.3) is 0 Å². The minimum atomic E-state index is 0.361. The molecule has 2 heterocycles. The summed E-state index contributed by atoms with van der Waals surface area (Å²) in [6.07, 6.45) is 6.03. The first-order valence-electron chi connectivity index (χ1n) is 10.0. The molecule has 1 fully saturated rings. The fourth-order valence-electron chi connectivity index (χ4n) is 3.40. The number of likely N-dealkylation sites (tertiary alicyclic amines) is 1. The summed E-state index contributed by atoms with van der Waals surface area (Å²) >= 11 is 0. The van der Waals surface area contributed by atoms with Crippen LogP contribution in [0.2, 0.25) is 0 Å². The molecule has 7 nitrogen and oxygen atoms in total. The van der Waals surface area contributed by atoms with E-state index in [1.54, 1.807) is 4.68 Å². The number of unbranched alkanes of at least 4 members (excludes halogenated alkanes) is 1. The quantitative estimate of drug-likeness (QED) is 0.624. The zero-order chi connectivity index (χ0) is 18.9. The van der Waals surface area contributed by atoms with Gasteiger partial charge < -0.3 is 15.8 Å². The first-order valence-corrected chi connectivity index (χ1v) is 10.0. The second-order valence-electron chi connectivity index (χ2n) is 7.15. The lowest BCUT2D eigenvalue weighted by atomic mass is 10.1. The van der Waals surface area contributed by atoms with E-state index in [1.165, 1.54) is 37.9 Å². The molecule has 0 amide bonds. The van der Waals surface area contributed by atoms with Crippen LogP contribution in [-0.2, 0) is 20.1 Å². The van der Waals surface area contributed by atoms with Gasteiger partial charge in [0.15, 0.2) is 5.82 Å². The van der Waals surface area contributed by atoms with Crippen LogP contribution in [-0.4, -0.2) is 45.9 Å². The summed E-state index contributed by atoms with van der Waals surface area (Å²) in [5.41, 5.74) is 6.90. The molecule has 1 aliphatic heterocycles. The maximum atomic E-state index is 5.94. The molecule has 0 atom stereocenters. The molecule has 148 valence electrons. The summed E-state index contributed by atoms with van der Waals surface area (Å²) in [5, 5.41) is 7.52. The maximum Gasteiger partial charge on any atom is 0.221 e. The Morgan fingerprint density at radius 3 is 2.81 bits per heavy atom. The van der Waals surface area contributed by atoms with Crippen LogP contribution >= 0.6 is 0 Å². The number of ether oxygens (including phenoxy) is 1. The Morgan fingerprint density at radius 2 is 2.04 bits per heavy atom. The SMILES string of the molecule is Cn1nc(CN)nc1NCCCCOc1cccc(CN2CCCCC2)c1. The van der Waals surface area contributed by atoms with E-state index in [4.69, 9.17) is 10.5 Å². The molecule has 7 heteroatoms. The van der Waals surface area contributed by atoms with E-state index >= 15 is 0 Å². The highest BCUT2D eigenvalue weighted by molar-refractivity contribution is 5.28. The van der Waals surface area contributed by atoms with Crippen molar-refractivity contribution < 1.29 is 4.74 Å². The van der Waals surface area contributed by atoms with Gasteiger partial charge in [-0.3, -0.25) is 4.90 Å². The molecule has 3 rings (SSSR count). The molecule has 27 heavy (non-hydrogen) atoms. The predicted octanol–water partition coefficient (Wildman–Crippen LogP) is 2.53. The van der Waals surface area contributed by atoms with Crippen molar-refractivity contribution in [2.75, 3.05) is 31.6 Å². The molecule has 0 radical (unpaired) electrons. The van der Waals surface area contributed by atoms with Gasteiger partial charge in [0.2, 0.25) is 5.95 Å². The van der Waals surface area contributed by atoms with Crippen LogP contribution in [0, 0.1) is 0 Å². The molecule has 0 bridgehead atoms. The standard InChI is InChI=1S/C20H32N6O/c1-25-20(23-19(15-21)24-25)22-10-3-6-13-27-18-9-7-8-17(14-18)16-26-11-4-2-5-12-26/h7-9,14H,2-6,10-13,15-16,21H2,1H3,(H,22,23,24). The Kier molecular flexibility index (Phi) is 7.47. The lowest BCUT2D eigenvalue weighted by molar-refractivity contribution is 0.220. The van der Waals surface area contributed by atoms with Crippen molar-refractivity contribution in [2.45, 2.75) is 45.2 Å². The van der Waals surface area contributed by atoms with E-state index in [2.05, 4.69) is 38.5 Å². The largest absolute Gasteiger partial charge is 0.494 e. The fourth-order valence-corrected chi connectivity index (χ4v) is 3.40. The highest BCUT2D eigenvalue weighted by Gasteiger charge is 2.10.